The normalized spacial score (nSPS) is 23.1. The molecule has 2 saturated heterocycles. The molecular weight excluding hydrogens is 511 g/mol. The van der Waals surface area contributed by atoms with Gasteiger partial charge in [0.1, 0.15) is 11.6 Å². The number of carbonyl (C=O) groups excluding carboxylic acids is 2. The van der Waals surface area contributed by atoms with E-state index in [1.54, 1.807) is 0 Å². The molecule has 37 heavy (non-hydrogen) atoms. The smallest absolute Gasteiger partial charge is 0.248 e. The number of aliphatic hydroxyl groups excluding tert-OH is 1. The summed E-state index contributed by atoms with van der Waals surface area (Å²) in [5.41, 5.74) is 1.65. The maximum atomic E-state index is 13.7. The number of amides is 2. The molecule has 0 unspecified atom stereocenters. The van der Waals surface area contributed by atoms with Gasteiger partial charge in [-0.3, -0.25) is 14.5 Å². The second kappa shape index (κ2) is 14.0. The molecule has 0 bridgehead atoms. The van der Waals surface area contributed by atoms with Gasteiger partial charge in [-0.2, -0.15) is 0 Å². The van der Waals surface area contributed by atoms with Crippen molar-refractivity contribution in [2.75, 3.05) is 38.6 Å². The van der Waals surface area contributed by atoms with E-state index in [9.17, 15) is 14.7 Å². The monoisotopic (exact) mass is 556 g/mol. The highest BCUT2D eigenvalue weighted by atomic mass is 35.5. The molecule has 0 radical (unpaired) electrons. The first kappa shape index (κ1) is 31.7. The molecule has 2 N–H and O–H groups in total. The van der Waals surface area contributed by atoms with Gasteiger partial charge >= 0.3 is 0 Å². The van der Waals surface area contributed by atoms with Crippen molar-refractivity contribution in [2.45, 2.75) is 88.9 Å². The molecule has 9 heteroatoms. The van der Waals surface area contributed by atoms with E-state index >= 15 is 0 Å². The van der Waals surface area contributed by atoms with E-state index in [4.69, 9.17) is 0 Å². The predicted octanol–water partition coefficient (Wildman–Crippen LogP) is 4.00. The minimum absolute atomic E-state index is 0. The number of carbonyl (C=O) groups is 2. The molecule has 0 aromatic heterocycles. The Morgan fingerprint density at radius 3 is 2.24 bits per heavy atom. The number of piperidine rings is 1. The summed E-state index contributed by atoms with van der Waals surface area (Å²) in [5.74, 6) is -0.0484. The number of aliphatic hydroxyl groups is 1. The van der Waals surface area contributed by atoms with E-state index in [0.717, 1.165) is 58.2 Å². The lowest BCUT2D eigenvalue weighted by Crippen LogP contribution is -2.75. The highest BCUT2D eigenvalue weighted by Gasteiger charge is 2.55. The number of nitrogens with one attached hydrogen (secondary N) is 1. The van der Waals surface area contributed by atoms with Gasteiger partial charge in [-0.05, 0) is 55.7 Å². The van der Waals surface area contributed by atoms with Gasteiger partial charge in [0.25, 0.3) is 0 Å². The van der Waals surface area contributed by atoms with Gasteiger partial charge < -0.3 is 20.2 Å². The molecular formula is C28H46Cl2N4O3. The van der Waals surface area contributed by atoms with Crippen LogP contribution in [0.15, 0.2) is 24.3 Å². The van der Waals surface area contributed by atoms with Crippen LogP contribution in [0.25, 0.3) is 0 Å². The van der Waals surface area contributed by atoms with Crippen molar-refractivity contribution in [3.8, 4) is 0 Å². The number of anilines is 1. The molecule has 1 spiro atoms. The highest BCUT2D eigenvalue weighted by molar-refractivity contribution is 6.00. The Kier molecular flexibility index (Phi) is 12.0. The molecule has 210 valence electrons. The molecule has 2 aliphatic heterocycles. The molecule has 3 fully saturated rings. The fourth-order valence-electron chi connectivity index (χ4n) is 6.19. The van der Waals surface area contributed by atoms with Crippen LogP contribution < -0.4 is 10.2 Å². The van der Waals surface area contributed by atoms with Crippen LogP contribution in [-0.4, -0.2) is 78.1 Å². The van der Waals surface area contributed by atoms with Crippen LogP contribution in [0.1, 0.15) is 70.3 Å². The van der Waals surface area contributed by atoms with Crippen molar-refractivity contribution in [3.63, 3.8) is 0 Å². The zero-order valence-electron chi connectivity index (χ0n) is 22.7. The van der Waals surface area contributed by atoms with Gasteiger partial charge in [-0.1, -0.05) is 44.7 Å². The van der Waals surface area contributed by atoms with Crippen LogP contribution in [0.5, 0.6) is 0 Å². The number of halogens is 2. The third-order valence-electron chi connectivity index (χ3n) is 8.51. The number of likely N-dealkylation sites (tertiary alicyclic amines) is 1. The molecule has 2 atom stereocenters. The van der Waals surface area contributed by atoms with Crippen LogP contribution in [0, 0.1) is 5.92 Å². The topological polar surface area (TPSA) is 76.1 Å². The Bertz CT molecular complexity index is 869. The number of hydrogen-bond donors (Lipinski definition) is 2. The minimum Gasteiger partial charge on any atom is -0.390 e. The summed E-state index contributed by atoms with van der Waals surface area (Å²) >= 11 is 0. The number of nitrogens with zero attached hydrogens (tertiary/aromatic N) is 3. The van der Waals surface area contributed by atoms with Gasteiger partial charge in [-0.15, -0.1) is 24.8 Å². The number of piperazine rings is 1. The number of hydrogen-bond acceptors (Lipinski definition) is 5. The number of rotatable bonds is 8. The Morgan fingerprint density at radius 1 is 1.05 bits per heavy atom. The average Bonchev–Trinajstić information content (AvgIpc) is 2.88. The predicted molar refractivity (Wildman–Crippen MR) is 154 cm³/mol. The summed E-state index contributed by atoms with van der Waals surface area (Å²) in [6.07, 6.45) is 7.56. The van der Waals surface area contributed by atoms with Crippen LogP contribution in [0.3, 0.4) is 0 Å². The third-order valence-corrected chi connectivity index (χ3v) is 8.51. The largest absolute Gasteiger partial charge is 0.390 e. The summed E-state index contributed by atoms with van der Waals surface area (Å²) in [4.78, 5) is 33.7. The first-order valence-electron chi connectivity index (χ1n) is 13.6. The maximum Gasteiger partial charge on any atom is 0.248 e. The average molecular weight is 558 g/mol. The Morgan fingerprint density at radius 2 is 1.68 bits per heavy atom. The van der Waals surface area contributed by atoms with Gasteiger partial charge in [0.15, 0.2) is 0 Å². The quantitative estimate of drug-likeness (QED) is 0.506. The summed E-state index contributed by atoms with van der Waals surface area (Å²) in [7, 11) is 4.08. The molecule has 1 aliphatic carbocycles. The summed E-state index contributed by atoms with van der Waals surface area (Å²) in [6.45, 7) is 5.09. The van der Waals surface area contributed by atoms with Gasteiger partial charge in [0.05, 0.1) is 6.10 Å². The third kappa shape index (κ3) is 6.92. The van der Waals surface area contributed by atoms with Gasteiger partial charge in [-0.25, -0.2) is 0 Å². The van der Waals surface area contributed by atoms with Crippen molar-refractivity contribution < 1.29 is 14.7 Å². The zero-order chi connectivity index (χ0) is 25.0. The minimum atomic E-state index is -0.804. The van der Waals surface area contributed by atoms with Crippen molar-refractivity contribution >= 4 is 42.3 Å². The molecule has 4 rings (SSSR count). The van der Waals surface area contributed by atoms with Gasteiger partial charge in [0, 0.05) is 46.0 Å². The lowest BCUT2D eigenvalue weighted by Gasteiger charge is -2.52. The molecule has 2 amide bonds. The molecule has 1 aromatic rings. The first-order valence-corrected chi connectivity index (χ1v) is 13.6. The van der Waals surface area contributed by atoms with Crippen LogP contribution in [0.2, 0.25) is 0 Å². The number of unbranched alkanes of at least 4 members (excludes halogenated alkanes) is 1. The fraction of sp³-hybridized carbons (Fsp3) is 0.714. The molecule has 1 aromatic carbocycles. The Balaban J connectivity index is 0.00000241. The summed E-state index contributed by atoms with van der Waals surface area (Å²) < 4.78 is 0. The van der Waals surface area contributed by atoms with E-state index < -0.39 is 17.7 Å². The molecule has 7 nitrogen and oxygen atoms in total. The SMILES string of the molecule is CCCCN1C(=O)[C@@H]([C@H](O)C2CCCCC2)NC(=O)C12CCN(Cc1ccc(N(C)C)cc1)CC2.Cl.Cl. The second-order valence-corrected chi connectivity index (χ2v) is 11.1. The van der Waals surface area contributed by atoms with Gasteiger partial charge in [0.2, 0.25) is 11.8 Å². The fourth-order valence-corrected chi connectivity index (χ4v) is 6.19. The van der Waals surface area contributed by atoms with E-state index in [-0.39, 0.29) is 42.5 Å². The van der Waals surface area contributed by atoms with Crippen molar-refractivity contribution in [1.82, 2.24) is 15.1 Å². The molecule has 1 saturated carbocycles. The second-order valence-electron chi connectivity index (χ2n) is 11.1. The summed E-state index contributed by atoms with van der Waals surface area (Å²) in [6, 6.07) is 7.81. The maximum absolute atomic E-state index is 13.7. The van der Waals surface area contributed by atoms with Crippen molar-refractivity contribution in [2.24, 2.45) is 5.92 Å². The molecule has 3 aliphatic rings. The van der Waals surface area contributed by atoms with E-state index in [0.29, 0.717) is 19.4 Å². The Hall–Kier alpha value is -1.54. The summed E-state index contributed by atoms with van der Waals surface area (Å²) in [5, 5.41) is 14.1. The number of benzene rings is 1. The van der Waals surface area contributed by atoms with E-state index in [2.05, 4.69) is 46.3 Å². The standard InChI is InChI=1S/C28H44N4O3.2ClH/c1-4-5-17-32-26(34)24(25(33)22-9-7-6-8-10-22)29-27(35)28(32)15-18-31(19-16-28)20-21-11-13-23(14-12-21)30(2)3;;/h11-14,22,24-25,33H,4-10,15-20H2,1-3H3,(H,29,35);2*1H/t24-,25-;;/m1../s1. The van der Waals surface area contributed by atoms with E-state index in [1.807, 2.05) is 19.0 Å². The lowest BCUT2D eigenvalue weighted by molar-refractivity contribution is -0.166. The molecule has 2 heterocycles. The van der Waals surface area contributed by atoms with Crippen LogP contribution in [0.4, 0.5) is 5.69 Å². The van der Waals surface area contributed by atoms with Crippen molar-refractivity contribution in [3.05, 3.63) is 29.8 Å². The van der Waals surface area contributed by atoms with Crippen LogP contribution >= 0.6 is 24.8 Å². The first-order chi connectivity index (χ1) is 16.9. The highest BCUT2D eigenvalue weighted by Crippen LogP contribution is 2.36. The lowest BCUT2D eigenvalue weighted by atomic mass is 9.78. The van der Waals surface area contributed by atoms with E-state index in [1.165, 1.54) is 17.7 Å². The van der Waals surface area contributed by atoms with Crippen LogP contribution in [-0.2, 0) is 16.1 Å². The van der Waals surface area contributed by atoms with Crippen molar-refractivity contribution in [1.29, 1.82) is 0 Å². The zero-order valence-corrected chi connectivity index (χ0v) is 24.3. The Labute approximate surface area is 235 Å².